The minimum atomic E-state index is 0.0206. The molecule has 1 amide bonds. The molecule has 0 radical (unpaired) electrons. The molecule has 0 aliphatic heterocycles. The number of aliphatic hydroxyl groups is 1. The maximum atomic E-state index is 12.4. The third kappa shape index (κ3) is 3.20. The van der Waals surface area contributed by atoms with E-state index in [1.54, 1.807) is 4.90 Å². The highest BCUT2D eigenvalue weighted by Gasteiger charge is 2.33. The molecule has 92 valence electrons. The molecule has 17 heavy (non-hydrogen) atoms. The second kappa shape index (κ2) is 5.67. The van der Waals surface area contributed by atoms with Gasteiger partial charge in [0.1, 0.15) is 0 Å². The van der Waals surface area contributed by atoms with Gasteiger partial charge in [-0.15, -0.1) is 0 Å². The van der Waals surface area contributed by atoms with E-state index in [2.05, 4.69) is 38.5 Å². The Morgan fingerprint density at radius 3 is 2.82 bits per heavy atom. The van der Waals surface area contributed by atoms with Crippen LogP contribution in [0.25, 0.3) is 0 Å². The molecule has 1 fully saturated rings. The summed E-state index contributed by atoms with van der Waals surface area (Å²) in [6.45, 7) is 0.443. The van der Waals surface area contributed by atoms with Crippen LogP contribution in [0.4, 0.5) is 0 Å². The van der Waals surface area contributed by atoms with E-state index in [9.17, 15) is 4.79 Å². The van der Waals surface area contributed by atoms with E-state index in [1.807, 2.05) is 18.2 Å². The van der Waals surface area contributed by atoms with Crippen LogP contribution in [0.3, 0.4) is 0 Å². The maximum Gasteiger partial charge on any atom is 0.255 e. The van der Waals surface area contributed by atoms with Crippen LogP contribution in [-0.4, -0.2) is 35.1 Å². The van der Waals surface area contributed by atoms with E-state index >= 15 is 0 Å². The zero-order chi connectivity index (χ0) is 12.4. The number of hydrogen-bond donors (Lipinski definition) is 1. The average molecular weight is 410 g/mol. The summed E-state index contributed by atoms with van der Waals surface area (Å²) in [7, 11) is 0. The lowest BCUT2D eigenvalue weighted by atomic mass is 10.2. The van der Waals surface area contributed by atoms with Gasteiger partial charge in [0.2, 0.25) is 0 Å². The van der Waals surface area contributed by atoms with Gasteiger partial charge in [0, 0.05) is 20.6 Å². The summed E-state index contributed by atoms with van der Waals surface area (Å²) < 4.78 is 1.85. The fourth-order valence-electron chi connectivity index (χ4n) is 1.76. The van der Waals surface area contributed by atoms with Gasteiger partial charge in [0.15, 0.2) is 0 Å². The summed E-state index contributed by atoms with van der Waals surface area (Å²) in [4.78, 5) is 14.2. The predicted molar refractivity (Wildman–Crippen MR) is 78.0 cm³/mol. The number of benzene rings is 1. The van der Waals surface area contributed by atoms with E-state index in [0.717, 1.165) is 20.9 Å². The van der Waals surface area contributed by atoms with Gasteiger partial charge in [-0.05, 0) is 53.6 Å². The Balaban J connectivity index is 2.24. The Labute approximate surface area is 122 Å². The first kappa shape index (κ1) is 13.3. The molecule has 0 spiro atoms. The van der Waals surface area contributed by atoms with E-state index in [4.69, 9.17) is 5.11 Å². The van der Waals surface area contributed by atoms with Crippen molar-refractivity contribution in [2.24, 2.45) is 0 Å². The van der Waals surface area contributed by atoms with Crippen molar-refractivity contribution < 1.29 is 9.90 Å². The first-order chi connectivity index (χ1) is 8.13. The molecule has 3 nitrogen and oxygen atoms in total. The van der Waals surface area contributed by atoms with Crippen LogP contribution in [0.2, 0.25) is 0 Å². The Morgan fingerprint density at radius 2 is 2.24 bits per heavy atom. The molecule has 0 unspecified atom stereocenters. The van der Waals surface area contributed by atoms with Gasteiger partial charge in [-0.25, -0.2) is 0 Å². The number of amides is 1. The second-order valence-electron chi connectivity index (χ2n) is 4.08. The van der Waals surface area contributed by atoms with Crippen LogP contribution in [0.5, 0.6) is 0 Å². The highest BCUT2D eigenvalue weighted by molar-refractivity contribution is 14.1. The quantitative estimate of drug-likeness (QED) is 0.776. The molecule has 0 bridgehead atoms. The topological polar surface area (TPSA) is 40.5 Å². The summed E-state index contributed by atoms with van der Waals surface area (Å²) in [5, 5.41) is 9.03. The minimum absolute atomic E-state index is 0.0206. The molecular weight excluding hydrogens is 397 g/mol. The van der Waals surface area contributed by atoms with Crippen LogP contribution < -0.4 is 0 Å². The van der Waals surface area contributed by atoms with Gasteiger partial charge in [0.05, 0.1) is 12.2 Å². The van der Waals surface area contributed by atoms with Crippen molar-refractivity contribution in [3.05, 3.63) is 31.8 Å². The molecule has 1 N–H and O–H groups in total. The zero-order valence-electron chi connectivity index (χ0n) is 9.20. The number of aliphatic hydroxyl groups excluding tert-OH is 1. The standard InChI is InChI=1S/C12H13BrINO2/c13-8-1-4-11(14)10(7-8)12(17)15(5-6-16)9-2-3-9/h1,4,7,9,16H,2-3,5-6H2. The van der Waals surface area contributed by atoms with Crippen molar-refractivity contribution in [2.75, 3.05) is 13.2 Å². The lowest BCUT2D eigenvalue weighted by Gasteiger charge is -2.22. The zero-order valence-corrected chi connectivity index (χ0v) is 12.9. The lowest BCUT2D eigenvalue weighted by Crippen LogP contribution is -2.35. The first-order valence-electron chi connectivity index (χ1n) is 5.50. The van der Waals surface area contributed by atoms with Crippen molar-refractivity contribution >= 4 is 44.4 Å². The smallest absolute Gasteiger partial charge is 0.255 e. The van der Waals surface area contributed by atoms with Crippen LogP contribution in [-0.2, 0) is 0 Å². The lowest BCUT2D eigenvalue weighted by molar-refractivity contribution is 0.0706. The Morgan fingerprint density at radius 1 is 1.53 bits per heavy atom. The van der Waals surface area contributed by atoms with Gasteiger partial charge in [-0.3, -0.25) is 4.79 Å². The fourth-order valence-corrected chi connectivity index (χ4v) is 2.69. The second-order valence-corrected chi connectivity index (χ2v) is 6.16. The number of hydrogen-bond acceptors (Lipinski definition) is 2. The number of halogens is 2. The van der Waals surface area contributed by atoms with E-state index in [1.165, 1.54) is 0 Å². The summed E-state index contributed by atoms with van der Waals surface area (Å²) >= 11 is 5.55. The third-order valence-corrected chi connectivity index (χ3v) is 4.18. The molecule has 1 saturated carbocycles. The number of rotatable bonds is 4. The molecule has 0 heterocycles. The van der Waals surface area contributed by atoms with Crippen LogP contribution in [0, 0.1) is 3.57 Å². The molecule has 1 aromatic carbocycles. The average Bonchev–Trinajstić information content (AvgIpc) is 3.12. The molecule has 1 aliphatic rings. The van der Waals surface area contributed by atoms with Gasteiger partial charge in [-0.2, -0.15) is 0 Å². The van der Waals surface area contributed by atoms with E-state index in [0.29, 0.717) is 18.2 Å². The van der Waals surface area contributed by atoms with Crippen molar-refractivity contribution in [3.8, 4) is 0 Å². The minimum Gasteiger partial charge on any atom is -0.395 e. The van der Waals surface area contributed by atoms with Crippen LogP contribution >= 0.6 is 38.5 Å². The molecule has 0 aromatic heterocycles. The molecule has 1 aromatic rings. The highest BCUT2D eigenvalue weighted by atomic mass is 127. The molecule has 5 heteroatoms. The van der Waals surface area contributed by atoms with Gasteiger partial charge in [-0.1, -0.05) is 15.9 Å². The first-order valence-corrected chi connectivity index (χ1v) is 7.37. The van der Waals surface area contributed by atoms with Crippen molar-refractivity contribution in [3.63, 3.8) is 0 Å². The molecule has 1 aliphatic carbocycles. The Bertz CT molecular complexity index is 435. The largest absolute Gasteiger partial charge is 0.395 e. The SMILES string of the molecule is O=C(c1cc(Br)ccc1I)N(CCO)C1CC1. The number of nitrogens with zero attached hydrogens (tertiary/aromatic N) is 1. The Kier molecular flexibility index (Phi) is 4.43. The molecular formula is C12H13BrINO2. The Hall–Kier alpha value is -0.140. The van der Waals surface area contributed by atoms with Gasteiger partial charge in [0.25, 0.3) is 5.91 Å². The number of carbonyl (C=O) groups excluding carboxylic acids is 1. The summed E-state index contributed by atoms with van der Waals surface area (Å²) in [5.74, 6) is 0.0206. The number of carbonyl (C=O) groups is 1. The fraction of sp³-hybridized carbons (Fsp3) is 0.417. The highest BCUT2D eigenvalue weighted by Crippen LogP contribution is 2.29. The molecule has 2 rings (SSSR count). The van der Waals surface area contributed by atoms with Gasteiger partial charge >= 0.3 is 0 Å². The maximum absolute atomic E-state index is 12.4. The van der Waals surface area contributed by atoms with Crippen LogP contribution in [0.1, 0.15) is 23.2 Å². The summed E-state index contributed by atoms with van der Waals surface area (Å²) in [6.07, 6.45) is 2.10. The normalized spacial score (nSPS) is 14.8. The molecule has 0 saturated heterocycles. The van der Waals surface area contributed by atoms with Crippen molar-refractivity contribution in [1.82, 2.24) is 4.90 Å². The third-order valence-electron chi connectivity index (χ3n) is 2.75. The molecule has 0 atom stereocenters. The van der Waals surface area contributed by atoms with Crippen molar-refractivity contribution in [2.45, 2.75) is 18.9 Å². The van der Waals surface area contributed by atoms with Crippen LogP contribution in [0.15, 0.2) is 22.7 Å². The summed E-state index contributed by atoms with van der Waals surface area (Å²) in [5.41, 5.74) is 0.709. The summed E-state index contributed by atoms with van der Waals surface area (Å²) in [6, 6.07) is 6.01. The van der Waals surface area contributed by atoms with Crippen molar-refractivity contribution in [1.29, 1.82) is 0 Å². The van der Waals surface area contributed by atoms with E-state index < -0.39 is 0 Å². The predicted octanol–water partition coefficient (Wildman–Crippen LogP) is 2.65. The van der Waals surface area contributed by atoms with E-state index in [-0.39, 0.29) is 12.5 Å². The van der Waals surface area contributed by atoms with Gasteiger partial charge < -0.3 is 10.0 Å². The monoisotopic (exact) mass is 409 g/mol.